The largest absolute Gasteiger partial charge is 0.377 e. The number of halogens is 1. The van der Waals surface area contributed by atoms with Crippen LogP contribution in [0.5, 0.6) is 0 Å². The molecule has 5 heteroatoms. The first-order valence-electron chi connectivity index (χ1n) is 6.95. The van der Waals surface area contributed by atoms with Gasteiger partial charge >= 0.3 is 0 Å². The molecule has 0 aliphatic heterocycles. The molecule has 4 nitrogen and oxygen atoms in total. The summed E-state index contributed by atoms with van der Waals surface area (Å²) in [5.74, 6) is 0.802. The minimum absolute atomic E-state index is 0. The first-order valence-corrected chi connectivity index (χ1v) is 6.95. The topological polar surface area (TPSA) is 50.4 Å². The molecule has 0 radical (unpaired) electrons. The Kier molecular flexibility index (Phi) is 7.59. The number of rotatable bonds is 8. The Morgan fingerprint density at radius 3 is 2.90 bits per heavy atom. The highest BCUT2D eigenvalue weighted by molar-refractivity contribution is 5.92. The molecule has 1 aromatic rings. The van der Waals surface area contributed by atoms with Gasteiger partial charge in [-0.15, -0.1) is 12.4 Å². The number of anilines is 1. The van der Waals surface area contributed by atoms with Crippen LogP contribution < -0.4 is 10.6 Å². The zero-order valence-corrected chi connectivity index (χ0v) is 12.7. The molecule has 2 N–H and O–H groups in total. The SMILES string of the molecule is CCOCc1cccc(NC(=O)CNCC2CC2)c1.Cl. The third-order valence-corrected chi connectivity index (χ3v) is 3.10. The molecule has 0 spiro atoms. The van der Waals surface area contributed by atoms with Crippen LogP contribution in [0.15, 0.2) is 24.3 Å². The Morgan fingerprint density at radius 2 is 2.20 bits per heavy atom. The van der Waals surface area contributed by atoms with Crippen LogP contribution in [-0.4, -0.2) is 25.6 Å². The summed E-state index contributed by atoms with van der Waals surface area (Å²) >= 11 is 0. The van der Waals surface area contributed by atoms with Gasteiger partial charge in [-0.1, -0.05) is 12.1 Å². The summed E-state index contributed by atoms with van der Waals surface area (Å²) < 4.78 is 5.35. The van der Waals surface area contributed by atoms with Crippen molar-refractivity contribution in [1.82, 2.24) is 5.32 Å². The van der Waals surface area contributed by atoms with E-state index in [1.807, 2.05) is 31.2 Å². The molecule has 1 aromatic carbocycles. The van der Waals surface area contributed by atoms with Crippen LogP contribution in [0.25, 0.3) is 0 Å². The van der Waals surface area contributed by atoms with Gasteiger partial charge in [0.1, 0.15) is 0 Å². The summed E-state index contributed by atoms with van der Waals surface area (Å²) in [4.78, 5) is 11.7. The molecule has 0 saturated heterocycles. The summed E-state index contributed by atoms with van der Waals surface area (Å²) in [7, 11) is 0. The monoisotopic (exact) mass is 298 g/mol. The first-order chi connectivity index (χ1) is 9.28. The van der Waals surface area contributed by atoms with Gasteiger partial charge in [0, 0.05) is 12.3 Å². The van der Waals surface area contributed by atoms with E-state index in [1.165, 1.54) is 12.8 Å². The summed E-state index contributed by atoms with van der Waals surface area (Å²) in [5, 5.41) is 6.08. The quantitative estimate of drug-likeness (QED) is 0.775. The lowest BCUT2D eigenvalue weighted by Crippen LogP contribution is -2.29. The molecule has 0 heterocycles. The second-order valence-electron chi connectivity index (χ2n) is 4.96. The molecule has 0 unspecified atom stereocenters. The van der Waals surface area contributed by atoms with Gasteiger partial charge in [-0.25, -0.2) is 0 Å². The maximum atomic E-state index is 11.7. The van der Waals surface area contributed by atoms with E-state index in [0.29, 0.717) is 19.8 Å². The summed E-state index contributed by atoms with van der Waals surface area (Å²) in [6, 6.07) is 7.78. The average Bonchev–Trinajstić information content (AvgIpc) is 3.21. The van der Waals surface area contributed by atoms with Crippen molar-refractivity contribution >= 4 is 24.0 Å². The lowest BCUT2D eigenvalue weighted by atomic mass is 10.2. The number of hydrogen-bond donors (Lipinski definition) is 2. The number of amides is 1. The van der Waals surface area contributed by atoms with Crippen LogP contribution in [-0.2, 0) is 16.1 Å². The molecule has 0 atom stereocenters. The lowest BCUT2D eigenvalue weighted by Gasteiger charge is -2.08. The maximum Gasteiger partial charge on any atom is 0.238 e. The van der Waals surface area contributed by atoms with E-state index in [-0.39, 0.29) is 18.3 Å². The van der Waals surface area contributed by atoms with Crippen molar-refractivity contribution in [3.63, 3.8) is 0 Å². The number of hydrogen-bond acceptors (Lipinski definition) is 3. The van der Waals surface area contributed by atoms with Crippen molar-refractivity contribution in [3.8, 4) is 0 Å². The number of nitrogens with one attached hydrogen (secondary N) is 2. The van der Waals surface area contributed by atoms with Crippen LogP contribution in [0, 0.1) is 5.92 Å². The van der Waals surface area contributed by atoms with E-state index in [2.05, 4.69) is 10.6 Å². The lowest BCUT2D eigenvalue weighted by molar-refractivity contribution is -0.115. The summed E-state index contributed by atoms with van der Waals surface area (Å²) in [6.45, 7) is 4.59. The average molecular weight is 299 g/mol. The van der Waals surface area contributed by atoms with Crippen molar-refractivity contribution in [2.45, 2.75) is 26.4 Å². The first kappa shape index (κ1) is 17.0. The number of carbonyl (C=O) groups is 1. The molecule has 1 saturated carbocycles. The van der Waals surface area contributed by atoms with Crippen molar-refractivity contribution in [2.24, 2.45) is 5.92 Å². The molecule has 0 bridgehead atoms. The van der Waals surface area contributed by atoms with E-state index in [1.54, 1.807) is 0 Å². The number of ether oxygens (including phenoxy) is 1. The van der Waals surface area contributed by atoms with Crippen molar-refractivity contribution in [1.29, 1.82) is 0 Å². The van der Waals surface area contributed by atoms with Gasteiger partial charge in [-0.2, -0.15) is 0 Å². The molecule has 1 amide bonds. The fraction of sp³-hybridized carbons (Fsp3) is 0.533. The third-order valence-electron chi connectivity index (χ3n) is 3.10. The minimum atomic E-state index is 0. The second kappa shape index (κ2) is 8.95. The van der Waals surface area contributed by atoms with Gasteiger partial charge in [-0.3, -0.25) is 4.79 Å². The van der Waals surface area contributed by atoms with Crippen LogP contribution >= 0.6 is 12.4 Å². The number of benzene rings is 1. The van der Waals surface area contributed by atoms with Gasteiger partial charge in [0.05, 0.1) is 13.2 Å². The van der Waals surface area contributed by atoms with Gasteiger partial charge in [0.15, 0.2) is 0 Å². The van der Waals surface area contributed by atoms with Gasteiger partial charge in [-0.05, 0) is 49.9 Å². The van der Waals surface area contributed by atoms with E-state index in [4.69, 9.17) is 4.74 Å². The Morgan fingerprint density at radius 1 is 1.40 bits per heavy atom. The van der Waals surface area contributed by atoms with Gasteiger partial charge in [0.25, 0.3) is 0 Å². The molecule has 1 aliphatic carbocycles. The fourth-order valence-corrected chi connectivity index (χ4v) is 1.88. The van der Waals surface area contributed by atoms with Crippen LogP contribution in [0.2, 0.25) is 0 Å². The van der Waals surface area contributed by atoms with E-state index in [9.17, 15) is 4.79 Å². The minimum Gasteiger partial charge on any atom is -0.377 e. The maximum absolute atomic E-state index is 11.7. The Labute approximate surface area is 126 Å². The Hall–Kier alpha value is -1.10. The Bertz CT molecular complexity index is 422. The molecule has 2 rings (SSSR count). The van der Waals surface area contributed by atoms with E-state index < -0.39 is 0 Å². The van der Waals surface area contributed by atoms with Crippen LogP contribution in [0.1, 0.15) is 25.3 Å². The van der Waals surface area contributed by atoms with E-state index >= 15 is 0 Å². The summed E-state index contributed by atoms with van der Waals surface area (Å²) in [5.41, 5.74) is 1.90. The second-order valence-corrected chi connectivity index (χ2v) is 4.96. The smallest absolute Gasteiger partial charge is 0.238 e. The van der Waals surface area contributed by atoms with Crippen LogP contribution in [0.4, 0.5) is 5.69 Å². The molecule has 112 valence electrons. The molecule has 1 fully saturated rings. The van der Waals surface area contributed by atoms with Crippen molar-refractivity contribution < 1.29 is 9.53 Å². The third kappa shape index (κ3) is 6.37. The normalized spacial score (nSPS) is 13.7. The highest BCUT2D eigenvalue weighted by atomic mass is 35.5. The zero-order chi connectivity index (χ0) is 13.5. The highest BCUT2D eigenvalue weighted by Crippen LogP contribution is 2.27. The van der Waals surface area contributed by atoms with Gasteiger partial charge < -0.3 is 15.4 Å². The van der Waals surface area contributed by atoms with Crippen molar-refractivity contribution in [3.05, 3.63) is 29.8 Å². The predicted molar refractivity (Wildman–Crippen MR) is 83.2 cm³/mol. The molecule has 20 heavy (non-hydrogen) atoms. The highest BCUT2D eigenvalue weighted by Gasteiger charge is 2.20. The standard InChI is InChI=1S/C15H22N2O2.ClH/c1-2-19-11-13-4-3-5-14(8-13)17-15(18)10-16-9-12-6-7-12;/h3-5,8,12,16H,2,6-7,9-11H2,1H3,(H,17,18);1H. The predicted octanol–water partition coefficient (Wildman–Crippen LogP) is 2.58. The van der Waals surface area contributed by atoms with E-state index in [0.717, 1.165) is 23.7 Å². The fourth-order valence-electron chi connectivity index (χ4n) is 1.88. The molecular weight excluding hydrogens is 276 g/mol. The Balaban J connectivity index is 0.00000200. The van der Waals surface area contributed by atoms with Crippen molar-refractivity contribution in [2.75, 3.05) is 25.0 Å². The zero-order valence-electron chi connectivity index (χ0n) is 11.9. The molecular formula is C15H23ClN2O2. The number of carbonyl (C=O) groups excluding carboxylic acids is 1. The molecule has 1 aliphatic rings. The van der Waals surface area contributed by atoms with Crippen LogP contribution in [0.3, 0.4) is 0 Å². The van der Waals surface area contributed by atoms with Gasteiger partial charge in [0.2, 0.25) is 5.91 Å². The summed E-state index contributed by atoms with van der Waals surface area (Å²) in [6.07, 6.45) is 2.60. The molecule has 0 aromatic heterocycles.